The van der Waals surface area contributed by atoms with Gasteiger partial charge in [-0.05, 0) is 64.9 Å². The Bertz CT molecular complexity index is 545. The monoisotopic (exact) mass is 429 g/mol. The van der Waals surface area contributed by atoms with Crippen LogP contribution in [0, 0.1) is 5.92 Å². The molecule has 0 aromatic heterocycles. The highest BCUT2D eigenvalue weighted by Crippen LogP contribution is 2.23. The van der Waals surface area contributed by atoms with Gasteiger partial charge >= 0.3 is 0 Å². The maximum absolute atomic E-state index is 12.6. The predicted octanol–water partition coefficient (Wildman–Crippen LogP) is 2.27. The molecule has 0 radical (unpaired) electrons. The van der Waals surface area contributed by atoms with Crippen LogP contribution in [0.2, 0.25) is 0 Å². The quantitative estimate of drug-likeness (QED) is 0.649. The summed E-state index contributed by atoms with van der Waals surface area (Å²) in [5, 5.41) is 6.30. The van der Waals surface area contributed by atoms with E-state index in [1.54, 1.807) is 23.5 Å². The van der Waals surface area contributed by atoms with E-state index in [0.717, 1.165) is 38.5 Å². The molecule has 1 aliphatic heterocycles. The zero-order valence-electron chi connectivity index (χ0n) is 17.5. The van der Waals surface area contributed by atoms with E-state index in [1.165, 1.54) is 0 Å². The maximum atomic E-state index is 12.6. The molecule has 2 fully saturated rings. The van der Waals surface area contributed by atoms with Gasteiger partial charge in [0.1, 0.15) is 0 Å². The molecule has 3 amide bonds. The lowest BCUT2D eigenvalue weighted by Gasteiger charge is -2.34. The second-order valence-corrected chi connectivity index (χ2v) is 10.3. The zero-order chi connectivity index (χ0) is 20.7. The molecule has 8 heteroatoms. The van der Waals surface area contributed by atoms with Crippen molar-refractivity contribution in [1.29, 1.82) is 0 Å². The molecule has 1 aliphatic carbocycles. The Hall–Kier alpha value is -0.890. The van der Waals surface area contributed by atoms with E-state index >= 15 is 0 Å². The van der Waals surface area contributed by atoms with E-state index < -0.39 is 0 Å². The van der Waals surface area contributed by atoms with E-state index in [2.05, 4.69) is 10.6 Å². The van der Waals surface area contributed by atoms with Crippen LogP contribution in [0.3, 0.4) is 0 Å². The molecule has 2 rings (SSSR count). The number of rotatable bonds is 7. The lowest BCUT2D eigenvalue weighted by atomic mass is 9.89. The van der Waals surface area contributed by atoms with E-state index in [0.29, 0.717) is 13.1 Å². The highest BCUT2D eigenvalue weighted by Gasteiger charge is 2.31. The number of nitrogens with zero attached hydrogens (tertiary/aromatic N) is 1. The van der Waals surface area contributed by atoms with Crippen molar-refractivity contribution in [3.63, 3.8) is 0 Å². The highest BCUT2D eigenvalue weighted by molar-refractivity contribution is 8.00. The SMILES string of the molecule is CS[C@H](C)C(=O)NC1CCC(NC(=O)C2CCN(C(=O)[C@@H](C)SC)CC2)CC1. The molecule has 1 saturated heterocycles. The summed E-state index contributed by atoms with van der Waals surface area (Å²) in [5.41, 5.74) is 0. The first-order chi connectivity index (χ1) is 13.3. The van der Waals surface area contributed by atoms with Crippen LogP contribution < -0.4 is 10.6 Å². The van der Waals surface area contributed by atoms with Crippen LogP contribution in [-0.4, -0.2) is 70.8 Å². The van der Waals surface area contributed by atoms with Crippen LogP contribution in [0.1, 0.15) is 52.4 Å². The first-order valence-corrected chi connectivity index (χ1v) is 12.9. The minimum absolute atomic E-state index is 0.00786. The molecule has 2 atom stereocenters. The Labute approximate surface area is 177 Å². The standard InChI is InChI=1S/C20H35N3O3S2/c1-13(27-3)18(24)21-16-5-7-17(8-6-16)22-19(25)15-9-11-23(12-10-15)20(26)14(2)28-4/h13-17H,5-12H2,1-4H3,(H,21,24)(H,22,25)/t13-,14-,16?,17?/m1/s1. The Morgan fingerprint density at radius 2 is 1.32 bits per heavy atom. The zero-order valence-corrected chi connectivity index (χ0v) is 19.2. The normalized spacial score (nSPS) is 25.6. The molecule has 0 aromatic rings. The third kappa shape index (κ3) is 6.58. The molecule has 2 N–H and O–H groups in total. The molecule has 6 nitrogen and oxygen atoms in total. The van der Waals surface area contributed by atoms with Gasteiger partial charge in [0.25, 0.3) is 0 Å². The fraction of sp³-hybridized carbons (Fsp3) is 0.850. The predicted molar refractivity (Wildman–Crippen MR) is 118 cm³/mol. The molecule has 0 spiro atoms. The van der Waals surface area contributed by atoms with Gasteiger partial charge in [0, 0.05) is 31.1 Å². The number of piperidine rings is 1. The molecule has 0 bridgehead atoms. The van der Waals surface area contributed by atoms with Gasteiger partial charge in [0.05, 0.1) is 10.5 Å². The Morgan fingerprint density at radius 3 is 1.82 bits per heavy atom. The molecule has 0 unspecified atom stereocenters. The minimum Gasteiger partial charge on any atom is -0.353 e. The summed E-state index contributed by atoms with van der Waals surface area (Å²) in [4.78, 5) is 38.8. The molecule has 2 aliphatic rings. The third-order valence-corrected chi connectivity index (χ3v) is 7.85. The number of likely N-dealkylation sites (tertiary alicyclic amines) is 1. The van der Waals surface area contributed by atoms with E-state index in [9.17, 15) is 14.4 Å². The third-order valence-electron chi connectivity index (χ3n) is 6.02. The number of thioether (sulfide) groups is 2. The van der Waals surface area contributed by atoms with Gasteiger partial charge in [-0.1, -0.05) is 0 Å². The first-order valence-electron chi connectivity index (χ1n) is 10.3. The number of nitrogens with one attached hydrogen (secondary N) is 2. The van der Waals surface area contributed by atoms with Crippen molar-refractivity contribution in [3.8, 4) is 0 Å². The van der Waals surface area contributed by atoms with Crippen molar-refractivity contribution < 1.29 is 14.4 Å². The summed E-state index contributed by atoms with van der Waals surface area (Å²) in [6, 6.07) is 0.428. The smallest absolute Gasteiger partial charge is 0.235 e. The van der Waals surface area contributed by atoms with Gasteiger partial charge in [-0.25, -0.2) is 0 Å². The van der Waals surface area contributed by atoms with Crippen molar-refractivity contribution in [3.05, 3.63) is 0 Å². The van der Waals surface area contributed by atoms with Crippen molar-refractivity contribution in [2.24, 2.45) is 5.92 Å². The minimum atomic E-state index is -0.0194. The molecule has 0 aromatic carbocycles. The average Bonchev–Trinajstić information content (AvgIpc) is 2.73. The maximum Gasteiger partial charge on any atom is 0.235 e. The second-order valence-electron chi connectivity index (χ2n) is 7.92. The van der Waals surface area contributed by atoms with Gasteiger partial charge in [0.15, 0.2) is 0 Å². The van der Waals surface area contributed by atoms with E-state index in [1.807, 2.05) is 31.3 Å². The van der Waals surface area contributed by atoms with Crippen LogP contribution >= 0.6 is 23.5 Å². The van der Waals surface area contributed by atoms with Crippen LogP contribution in [0.4, 0.5) is 0 Å². The molecular weight excluding hydrogens is 394 g/mol. The van der Waals surface area contributed by atoms with Gasteiger partial charge in [0.2, 0.25) is 17.7 Å². The van der Waals surface area contributed by atoms with Gasteiger partial charge in [-0.3, -0.25) is 14.4 Å². The average molecular weight is 430 g/mol. The van der Waals surface area contributed by atoms with Crippen LogP contribution in [-0.2, 0) is 14.4 Å². The topological polar surface area (TPSA) is 78.5 Å². The van der Waals surface area contributed by atoms with Crippen molar-refractivity contribution in [2.45, 2.75) is 75.0 Å². The van der Waals surface area contributed by atoms with Crippen molar-refractivity contribution in [2.75, 3.05) is 25.6 Å². The fourth-order valence-corrected chi connectivity index (χ4v) is 4.48. The molecular formula is C20H35N3O3S2. The summed E-state index contributed by atoms with van der Waals surface area (Å²) >= 11 is 3.12. The number of carbonyl (C=O) groups excluding carboxylic acids is 3. The largest absolute Gasteiger partial charge is 0.353 e. The number of amides is 3. The Kier molecular flexibility index (Phi) is 9.47. The lowest BCUT2D eigenvalue weighted by Crippen LogP contribution is -2.49. The molecule has 160 valence electrons. The molecule has 1 saturated carbocycles. The summed E-state index contributed by atoms with van der Waals surface area (Å²) in [5.74, 6) is 0.432. The van der Waals surface area contributed by atoms with E-state index in [4.69, 9.17) is 0 Å². The fourth-order valence-electron chi connectivity index (χ4n) is 3.85. The highest BCUT2D eigenvalue weighted by atomic mass is 32.2. The molecule has 1 heterocycles. The second kappa shape index (κ2) is 11.3. The van der Waals surface area contributed by atoms with Gasteiger partial charge < -0.3 is 15.5 Å². The molecule has 28 heavy (non-hydrogen) atoms. The number of hydrogen-bond donors (Lipinski definition) is 2. The van der Waals surface area contributed by atoms with E-state index in [-0.39, 0.29) is 46.2 Å². The van der Waals surface area contributed by atoms with Crippen LogP contribution in [0.5, 0.6) is 0 Å². The summed E-state index contributed by atoms with van der Waals surface area (Å²) in [6.45, 7) is 5.21. The Morgan fingerprint density at radius 1 is 0.821 bits per heavy atom. The summed E-state index contributed by atoms with van der Waals surface area (Å²) < 4.78 is 0. The Balaban J connectivity index is 1.69. The van der Waals surface area contributed by atoms with Crippen molar-refractivity contribution >= 4 is 41.2 Å². The van der Waals surface area contributed by atoms with Gasteiger partial charge in [-0.15, -0.1) is 0 Å². The summed E-state index contributed by atoms with van der Waals surface area (Å²) in [6.07, 6.45) is 9.04. The lowest BCUT2D eigenvalue weighted by molar-refractivity contribution is -0.135. The van der Waals surface area contributed by atoms with Crippen molar-refractivity contribution in [1.82, 2.24) is 15.5 Å². The number of hydrogen-bond acceptors (Lipinski definition) is 5. The first kappa shape index (κ1) is 23.4. The number of carbonyl (C=O) groups is 3. The van der Waals surface area contributed by atoms with Crippen LogP contribution in [0.15, 0.2) is 0 Å². The van der Waals surface area contributed by atoms with Crippen LogP contribution in [0.25, 0.3) is 0 Å². The summed E-state index contributed by atoms with van der Waals surface area (Å²) in [7, 11) is 0. The van der Waals surface area contributed by atoms with Gasteiger partial charge in [-0.2, -0.15) is 23.5 Å².